The molecule has 1 amide bonds. The van der Waals surface area contributed by atoms with E-state index in [1.165, 1.54) is 23.1 Å². The van der Waals surface area contributed by atoms with Gasteiger partial charge < -0.3 is 10.4 Å². The van der Waals surface area contributed by atoms with Crippen LogP contribution in [0.2, 0.25) is 0 Å². The van der Waals surface area contributed by atoms with E-state index in [-0.39, 0.29) is 23.8 Å². The highest BCUT2D eigenvalue weighted by Crippen LogP contribution is 2.28. The molecule has 0 unspecified atom stereocenters. The number of aryl methyl sites for hydroxylation is 2. The molecule has 2 aromatic heterocycles. The Morgan fingerprint density at radius 1 is 1.50 bits per heavy atom. The van der Waals surface area contributed by atoms with E-state index >= 15 is 0 Å². The molecule has 2 heterocycles. The van der Waals surface area contributed by atoms with Crippen molar-refractivity contribution in [3.8, 4) is 0 Å². The van der Waals surface area contributed by atoms with Crippen LogP contribution in [0.4, 0.5) is 0 Å². The molecule has 130 valence electrons. The second kappa shape index (κ2) is 8.46. The topological polar surface area (TPSA) is 84.2 Å². The minimum Gasteiger partial charge on any atom is -0.396 e. The second-order valence-corrected chi connectivity index (χ2v) is 7.42. The van der Waals surface area contributed by atoms with Crippen LogP contribution in [-0.4, -0.2) is 39.5 Å². The van der Waals surface area contributed by atoms with Crippen molar-refractivity contribution in [2.45, 2.75) is 32.0 Å². The zero-order chi connectivity index (χ0) is 17.7. The van der Waals surface area contributed by atoms with Gasteiger partial charge in [-0.25, -0.2) is 4.98 Å². The van der Waals surface area contributed by atoms with Gasteiger partial charge in [-0.3, -0.25) is 14.2 Å². The van der Waals surface area contributed by atoms with E-state index in [0.717, 1.165) is 10.4 Å². The van der Waals surface area contributed by atoms with Gasteiger partial charge in [-0.15, -0.1) is 17.9 Å². The van der Waals surface area contributed by atoms with E-state index in [9.17, 15) is 9.59 Å². The highest BCUT2D eigenvalue weighted by Gasteiger charge is 2.17. The first-order chi connectivity index (χ1) is 11.5. The summed E-state index contributed by atoms with van der Waals surface area (Å²) in [5.74, 6) is 0.0237. The van der Waals surface area contributed by atoms with Crippen LogP contribution < -0.4 is 10.9 Å². The molecule has 2 rings (SSSR count). The summed E-state index contributed by atoms with van der Waals surface area (Å²) in [6.07, 6.45) is 2.17. The third kappa shape index (κ3) is 4.06. The summed E-state index contributed by atoms with van der Waals surface area (Å²) in [6, 6.07) is 0. The molecule has 0 saturated carbocycles. The van der Waals surface area contributed by atoms with Crippen LogP contribution in [0.15, 0.2) is 22.6 Å². The molecule has 0 aliphatic carbocycles. The van der Waals surface area contributed by atoms with Crippen LogP contribution in [0.3, 0.4) is 0 Å². The van der Waals surface area contributed by atoms with Crippen molar-refractivity contribution in [1.29, 1.82) is 0 Å². The van der Waals surface area contributed by atoms with E-state index in [4.69, 9.17) is 5.11 Å². The predicted molar refractivity (Wildman–Crippen MR) is 99.0 cm³/mol. The largest absolute Gasteiger partial charge is 0.396 e. The van der Waals surface area contributed by atoms with Gasteiger partial charge in [0, 0.05) is 24.6 Å². The van der Waals surface area contributed by atoms with Crippen LogP contribution in [0.25, 0.3) is 10.2 Å². The van der Waals surface area contributed by atoms with Gasteiger partial charge in [-0.1, -0.05) is 17.8 Å². The molecule has 2 aromatic rings. The quantitative estimate of drug-likeness (QED) is 0.322. The molecule has 24 heavy (non-hydrogen) atoms. The molecule has 0 fully saturated rings. The Kier molecular flexibility index (Phi) is 6.59. The van der Waals surface area contributed by atoms with Gasteiger partial charge in [0.05, 0.1) is 11.1 Å². The summed E-state index contributed by atoms with van der Waals surface area (Å²) in [4.78, 5) is 31.0. The van der Waals surface area contributed by atoms with Gasteiger partial charge in [-0.05, 0) is 25.8 Å². The summed E-state index contributed by atoms with van der Waals surface area (Å²) < 4.78 is 1.56. The summed E-state index contributed by atoms with van der Waals surface area (Å²) in [7, 11) is 0. The van der Waals surface area contributed by atoms with Crippen molar-refractivity contribution in [3.05, 3.63) is 33.4 Å². The number of carbonyl (C=O) groups excluding carboxylic acids is 1. The average molecular weight is 367 g/mol. The lowest BCUT2D eigenvalue weighted by atomic mass is 10.2. The van der Waals surface area contributed by atoms with E-state index in [0.29, 0.717) is 34.9 Å². The highest BCUT2D eigenvalue weighted by molar-refractivity contribution is 7.99. The normalized spacial score (nSPS) is 11.0. The SMILES string of the molecule is C=CCn1c(SCC(=O)NCCCO)nc2sc(C)c(C)c2c1=O. The lowest BCUT2D eigenvalue weighted by Crippen LogP contribution is -2.28. The molecule has 6 nitrogen and oxygen atoms in total. The van der Waals surface area contributed by atoms with Gasteiger partial charge in [0.2, 0.25) is 5.91 Å². The number of thiophene rings is 1. The molecule has 2 N–H and O–H groups in total. The maximum atomic E-state index is 12.8. The number of hydrogen-bond acceptors (Lipinski definition) is 6. The number of nitrogens with zero attached hydrogens (tertiary/aromatic N) is 2. The number of rotatable bonds is 8. The first kappa shape index (κ1) is 18.7. The number of nitrogens with one attached hydrogen (secondary N) is 1. The zero-order valence-corrected chi connectivity index (χ0v) is 15.4. The smallest absolute Gasteiger partial charge is 0.263 e. The fourth-order valence-electron chi connectivity index (χ4n) is 2.20. The van der Waals surface area contributed by atoms with Crippen LogP contribution in [0.1, 0.15) is 16.9 Å². The number of allylic oxidation sites excluding steroid dienone is 1. The van der Waals surface area contributed by atoms with Crippen LogP contribution in [0, 0.1) is 13.8 Å². The number of aliphatic hydroxyl groups is 1. The van der Waals surface area contributed by atoms with Gasteiger partial charge in [0.25, 0.3) is 5.56 Å². The summed E-state index contributed by atoms with van der Waals surface area (Å²) >= 11 is 2.73. The number of amides is 1. The Balaban J connectivity index is 2.28. The monoisotopic (exact) mass is 367 g/mol. The molecule has 8 heteroatoms. The van der Waals surface area contributed by atoms with Gasteiger partial charge >= 0.3 is 0 Å². The average Bonchev–Trinajstić information content (AvgIpc) is 2.83. The molecular formula is C16H21N3O3S2. The first-order valence-electron chi connectivity index (χ1n) is 7.61. The Hall–Kier alpha value is -1.64. The standard InChI is InChI=1S/C16H21N3O3S2/c1-4-7-19-15(22)13-10(2)11(3)24-14(13)18-16(19)23-9-12(21)17-6-5-8-20/h4,20H,1,5-9H2,2-3H3,(H,17,21). The minimum absolute atomic E-state index is 0.0433. The van der Waals surface area contributed by atoms with Gasteiger partial charge in [0.1, 0.15) is 4.83 Å². The van der Waals surface area contributed by atoms with Crippen molar-refractivity contribution in [1.82, 2.24) is 14.9 Å². The third-order valence-electron chi connectivity index (χ3n) is 3.55. The minimum atomic E-state index is -0.147. The molecule has 0 radical (unpaired) electrons. The lowest BCUT2D eigenvalue weighted by Gasteiger charge is -2.10. The maximum absolute atomic E-state index is 12.8. The van der Waals surface area contributed by atoms with Gasteiger partial charge in [0.15, 0.2) is 5.16 Å². The van der Waals surface area contributed by atoms with E-state index < -0.39 is 0 Å². The Morgan fingerprint density at radius 2 is 2.25 bits per heavy atom. The number of aliphatic hydroxyl groups excluding tert-OH is 1. The molecule has 0 bridgehead atoms. The van der Waals surface area contributed by atoms with Crippen molar-refractivity contribution in [2.75, 3.05) is 18.9 Å². The fourth-order valence-corrected chi connectivity index (χ4v) is 4.11. The van der Waals surface area contributed by atoms with E-state index in [1.54, 1.807) is 10.6 Å². The van der Waals surface area contributed by atoms with Crippen LogP contribution >= 0.6 is 23.1 Å². The predicted octanol–water partition coefficient (Wildman–Crippen LogP) is 1.85. The van der Waals surface area contributed by atoms with Crippen LogP contribution in [-0.2, 0) is 11.3 Å². The lowest BCUT2D eigenvalue weighted by molar-refractivity contribution is -0.118. The summed E-state index contributed by atoms with van der Waals surface area (Å²) in [6.45, 7) is 8.42. The maximum Gasteiger partial charge on any atom is 0.263 e. The zero-order valence-electron chi connectivity index (χ0n) is 13.8. The van der Waals surface area contributed by atoms with Crippen molar-refractivity contribution >= 4 is 39.2 Å². The second-order valence-electron chi connectivity index (χ2n) is 5.28. The van der Waals surface area contributed by atoms with E-state index in [2.05, 4.69) is 16.9 Å². The first-order valence-corrected chi connectivity index (χ1v) is 9.41. The number of aromatic nitrogens is 2. The fraction of sp³-hybridized carbons (Fsp3) is 0.438. The molecule has 0 aliphatic heterocycles. The molecule has 0 aliphatic rings. The van der Waals surface area contributed by atoms with E-state index in [1.807, 2.05) is 13.8 Å². The molecule has 0 spiro atoms. The van der Waals surface area contributed by atoms with Crippen molar-refractivity contribution < 1.29 is 9.90 Å². The third-order valence-corrected chi connectivity index (χ3v) is 5.63. The number of fused-ring (bicyclic) bond motifs is 1. The Labute approximate surface area is 148 Å². The highest BCUT2D eigenvalue weighted by atomic mass is 32.2. The Morgan fingerprint density at radius 3 is 2.92 bits per heavy atom. The molecule has 0 atom stereocenters. The Bertz CT molecular complexity index is 811. The summed E-state index contributed by atoms with van der Waals surface area (Å²) in [5.41, 5.74) is 0.869. The summed E-state index contributed by atoms with van der Waals surface area (Å²) in [5, 5.41) is 12.6. The number of hydrogen-bond donors (Lipinski definition) is 2. The molecule has 0 saturated heterocycles. The molecule has 0 aromatic carbocycles. The van der Waals surface area contributed by atoms with Crippen LogP contribution in [0.5, 0.6) is 0 Å². The number of carbonyl (C=O) groups is 1. The van der Waals surface area contributed by atoms with Crippen molar-refractivity contribution in [3.63, 3.8) is 0 Å². The van der Waals surface area contributed by atoms with Crippen molar-refractivity contribution in [2.24, 2.45) is 0 Å². The van der Waals surface area contributed by atoms with Gasteiger partial charge in [-0.2, -0.15) is 0 Å². The molecular weight excluding hydrogens is 346 g/mol. The number of thioether (sulfide) groups is 1.